The van der Waals surface area contributed by atoms with Crippen molar-refractivity contribution in [3.8, 4) is 0 Å². The van der Waals surface area contributed by atoms with Crippen molar-refractivity contribution in [2.24, 2.45) is 5.73 Å². The second-order valence-electron chi connectivity index (χ2n) is 6.03. The predicted octanol–water partition coefficient (Wildman–Crippen LogP) is 5.53. The molecule has 0 aliphatic rings. The van der Waals surface area contributed by atoms with Crippen LogP contribution in [0.4, 0.5) is 0 Å². The number of aryl methyl sites for hydroxylation is 4. The van der Waals surface area contributed by atoms with Crippen LogP contribution >= 0.6 is 44.3 Å². The van der Waals surface area contributed by atoms with Gasteiger partial charge in [0.15, 0.2) is 0 Å². The van der Waals surface area contributed by atoms with E-state index in [1.807, 2.05) is 44.2 Å². The highest BCUT2D eigenvalue weighted by Crippen LogP contribution is 2.18. The van der Waals surface area contributed by atoms with Gasteiger partial charge in [-0.25, -0.2) is 0 Å². The number of nitrogens with two attached hydrogens (primary N) is 1. The molecule has 0 saturated carbocycles. The van der Waals surface area contributed by atoms with Crippen LogP contribution in [0.1, 0.15) is 35.1 Å². The molecule has 0 atom stereocenters. The van der Waals surface area contributed by atoms with E-state index in [4.69, 9.17) is 10.8 Å². The Bertz CT molecular complexity index is 721. The normalized spacial score (nSPS) is 9.29. The summed E-state index contributed by atoms with van der Waals surface area (Å²) < 4.78 is 2.15. The largest absolute Gasteiger partial charge is 0.481 e. The number of amides is 1. The van der Waals surface area contributed by atoms with E-state index in [0.29, 0.717) is 12.8 Å². The Morgan fingerprint density at radius 2 is 1.29 bits per heavy atom. The maximum absolute atomic E-state index is 10.5. The van der Waals surface area contributed by atoms with Gasteiger partial charge in [0, 0.05) is 21.8 Å². The fraction of sp³-hybridized carbons (Fsp3) is 0.300. The predicted molar refractivity (Wildman–Crippen MR) is 124 cm³/mol. The third-order valence-corrected chi connectivity index (χ3v) is 5.51. The Hall–Kier alpha value is -1.41. The van der Waals surface area contributed by atoms with E-state index in [9.17, 15) is 9.59 Å². The number of halogens is 3. The molecule has 0 aliphatic heterocycles. The van der Waals surface area contributed by atoms with Crippen LogP contribution < -0.4 is 11.9 Å². The Morgan fingerprint density at radius 1 is 0.893 bits per heavy atom. The zero-order chi connectivity index (χ0) is 19.7. The van der Waals surface area contributed by atoms with Crippen LogP contribution in [-0.2, 0) is 22.4 Å². The lowest BCUT2D eigenvalue weighted by Gasteiger charge is -2.02. The van der Waals surface area contributed by atoms with Gasteiger partial charge in [-0.15, -0.1) is 12.4 Å². The maximum Gasteiger partial charge on any atom is 0.303 e. The van der Waals surface area contributed by atoms with Crippen LogP contribution in [0.2, 0.25) is 0 Å². The fourth-order valence-corrected chi connectivity index (χ4v) is 2.74. The number of primary amides is 1. The summed E-state index contributed by atoms with van der Waals surface area (Å²) >= 11 is 6.81. The second kappa shape index (κ2) is 14.6. The second-order valence-corrected chi connectivity index (χ2v) is 7.74. The van der Waals surface area contributed by atoms with Crippen molar-refractivity contribution >= 4 is 56.1 Å². The number of benzene rings is 2. The standard InChI is InChI=1S/C10H12BrNO.C10H11BrO2.ClH.H3N/c2*1-7-6-8(2-4-9(7)11)3-5-10(12)13;;/h2,4,6H,3,5H2,1H3,(H2,12,13);2,4,6H,3,5H2,1H3,(H,12,13);1H;1H3. The van der Waals surface area contributed by atoms with Crippen molar-refractivity contribution in [3.63, 3.8) is 0 Å². The number of carboxylic acid groups (broad SMARTS) is 1. The van der Waals surface area contributed by atoms with Gasteiger partial charge in [0.05, 0.1) is 0 Å². The van der Waals surface area contributed by atoms with Crippen LogP contribution in [0.3, 0.4) is 0 Å². The molecule has 0 fully saturated rings. The molecular weight excluding hydrogens is 511 g/mol. The highest BCUT2D eigenvalue weighted by atomic mass is 79.9. The minimum atomic E-state index is -0.749. The zero-order valence-corrected chi connectivity index (χ0v) is 20.0. The lowest BCUT2D eigenvalue weighted by atomic mass is 10.1. The van der Waals surface area contributed by atoms with E-state index in [1.165, 1.54) is 5.56 Å². The van der Waals surface area contributed by atoms with Crippen molar-refractivity contribution in [1.82, 2.24) is 6.15 Å². The van der Waals surface area contributed by atoms with E-state index in [1.54, 1.807) is 0 Å². The smallest absolute Gasteiger partial charge is 0.303 e. The summed E-state index contributed by atoms with van der Waals surface area (Å²) in [6.45, 7) is 4.02. The molecule has 156 valence electrons. The summed E-state index contributed by atoms with van der Waals surface area (Å²) in [5.74, 6) is -0.999. The van der Waals surface area contributed by atoms with Gasteiger partial charge in [-0.2, -0.15) is 0 Å². The van der Waals surface area contributed by atoms with Crippen LogP contribution in [0.25, 0.3) is 0 Å². The molecule has 0 aliphatic carbocycles. The quantitative estimate of drug-likeness (QED) is 0.448. The molecule has 28 heavy (non-hydrogen) atoms. The van der Waals surface area contributed by atoms with Gasteiger partial charge in [0.2, 0.25) is 5.91 Å². The van der Waals surface area contributed by atoms with E-state index in [2.05, 4.69) is 37.9 Å². The van der Waals surface area contributed by atoms with E-state index in [-0.39, 0.29) is 30.9 Å². The Balaban J connectivity index is 0. The van der Waals surface area contributed by atoms with Gasteiger partial charge in [0.25, 0.3) is 0 Å². The van der Waals surface area contributed by atoms with Crippen molar-refractivity contribution in [1.29, 1.82) is 0 Å². The average molecular weight is 539 g/mol. The summed E-state index contributed by atoms with van der Waals surface area (Å²) in [7, 11) is 0. The summed E-state index contributed by atoms with van der Waals surface area (Å²) in [5.41, 5.74) is 9.61. The Kier molecular flexibility index (Phi) is 15.0. The van der Waals surface area contributed by atoms with Gasteiger partial charge in [-0.3, -0.25) is 9.59 Å². The molecule has 0 spiro atoms. The van der Waals surface area contributed by atoms with Gasteiger partial charge in [0.1, 0.15) is 0 Å². The number of carboxylic acids is 1. The molecule has 0 radical (unpaired) electrons. The van der Waals surface area contributed by atoms with Gasteiger partial charge >= 0.3 is 5.97 Å². The van der Waals surface area contributed by atoms with E-state index in [0.717, 1.165) is 32.1 Å². The monoisotopic (exact) mass is 536 g/mol. The van der Waals surface area contributed by atoms with Crippen LogP contribution in [-0.4, -0.2) is 17.0 Å². The fourth-order valence-electron chi connectivity index (χ4n) is 2.24. The molecule has 6 N–H and O–H groups in total. The molecular formula is C20H27Br2ClN2O3. The summed E-state index contributed by atoms with van der Waals surface area (Å²) in [6, 6.07) is 12.0. The topological polar surface area (TPSA) is 115 Å². The first kappa shape index (κ1) is 28.8. The SMILES string of the molecule is Cc1cc(CCC(=O)O)ccc1Br.Cc1cc(CCC(N)=O)ccc1Br.Cl.N. The number of carbonyl (C=O) groups is 2. The minimum absolute atomic E-state index is 0. The first-order chi connectivity index (χ1) is 12.2. The van der Waals surface area contributed by atoms with Gasteiger partial charge in [-0.05, 0) is 61.1 Å². The van der Waals surface area contributed by atoms with Crippen LogP contribution in [0.15, 0.2) is 45.3 Å². The molecule has 0 bridgehead atoms. The molecule has 0 heterocycles. The minimum Gasteiger partial charge on any atom is -0.481 e. The highest BCUT2D eigenvalue weighted by molar-refractivity contribution is 9.10. The van der Waals surface area contributed by atoms with Gasteiger partial charge in [-0.1, -0.05) is 56.1 Å². The number of hydrogen-bond acceptors (Lipinski definition) is 3. The molecule has 5 nitrogen and oxygen atoms in total. The molecule has 2 aromatic carbocycles. The number of carbonyl (C=O) groups excluding carboxylic acids is 1. The highest BCUT2D eigenvalue weighted by Gasteiger charge is 2.01. The molecule has 0 aromatic heterocycles. The first-order valence-corrected chi connectivity index (χ1v) is 9.77. The third kappa shape index (κ3) is 11.4. The maximum atomic E-state index is 10.5. The number of rotatable bonds is 6. The average Bonchev–Trinajstić information content (AvgIpc) is 2.57. The first-order valence-electron chi connectivity index (χ1n) is 8.19. The number of hydrogen-bond donors (Lipinski definition) is 3. The molecule has 0 unspecified atom stereocenters. The molecule has 2 rings (SSSR count). The molecule has 8 heteroatoms. The van der Waals surface area contributed by atoms with Crippen LogP contribution in [0, 0.1) is 13.8 Å². The molecule has 1 amide bonds. The summed E-state index contributed by atoms with van der Waals surface area (Å²) in [6.07, 6.45) is 1.94. The third-order valence-electron chi connectivity index (χ3n) is 3.73. The Labute approximate surface area is 189 Å². The lowest BCUT2D eigenvalue weighted by molar-refractivity contribution is -0.137. The van der Waals surface area contributed by atoms with Crippen molar-refractivity contribution in [3.05, 3.63) is 67.6 Å². The lowest BCUT2D eigenvalue weighted by Crippen LogP contribution is -2.11. The van der Waals surface area contributed by atoms with Crippen molar-refractivity contribution in [2.75, 3.05) is 0 Å². The van der Waals surface area contributed by atoms with Gasteiger partial charge < -0.3 is 17.0 Å². The zero-order valence-electron chi connectivity index (χ0n) is 16.0. The number of aliphatic carboxylic acids is 1. The summed E-state index contributed by atoms with van der Waals surface area (Å²) in [4.78, 5) is 20.9. The van der Waals surface area contributed by atoms with E-state index >= 15 is 0 Å². The summed E-state index contributed by atoms with van der Waals surface area (Å²) in [5, 5.41) is 8.49. The van der Waals surface area contributed by atoms with Crippen molar-refractivity contribution in [2.45, 2.75) is 39.5 Å². The van der Waals surface area contributed by atoms with E-state index < -0.39 is 5.97 Å². The van der Waals surface area contributed by atoms with Crippen molar-refractivity contribution < 1.29 is 14.7 Å². The van der Waals surface area contributed by atoms with Crippen LogP contribution in [0.5, 0.6) is 0 Å². The Morgan fingerprint density at radius 3 is 1.61 bits per heavy atom. The molecule has 0 saturated heterocycles. The molecule has 2 aromatic rings.